The molecule has 0 aromatic carbocycles. The Labute approximate surface area is 122 Å². The van der Waals surface area contributed by atoms with Gasteiger partial charge in [0.2, 0.25) is 5.91 Å². The third-order valence-corrected chi connectivity index (χ3v) is 4.52. The molecule has 2 fully saturated rings. The van der Waals surface area contributed by atoms with E-state index in [1.165, 1.54) is 0 Å². The molecule has 0 bridgehead atoms. The van der Waals surface area contributed by atoms with Crippen LogP contribution >= 0.6 is 0 Å². The molecule has 1 saturated heterocycles. The van der Waals surface area contributed by atoms with E-state index in [1.807, 2.05) is 0 Å². The minimum absolute atomic E-state index is 0.176. The highest BCUT2D eigenvalue weighted by Gasteiger charge is 2.30. The Morgan fingerprint density at radius 1 is 1.40 bits per heavy atom. The maximum atomic E-state index is 12.0. The Kier molecular flexibility index (Phi) is 5.81. The molecule has 3 N–H and O–H groups in total. The maximum absolute atomic E-state index is 12.0. The van der Waals surface area contributed by atoms with Gasteiger partial charge in [-0.2, -0.15) is 0 Å². The highest BCUT2D eigenvalue weighted by atomic mass is 16.1. The van der Waals surface area contributed by atoms with E-state index in [-0.39, 0.29) is 11.9 Å². The molecule has 0 aromatic heterocycles. The molecule has 0 spiro atoms. The van der Waals surface area contributed by atoms with Crippen LogP contribution in [0.3, 0.4) is 0 Å². The number of amides is 1. The number of hydrogen-bond donors (Lipinski definition) is 2. The van der Waals surface area contributed by atoms with Crippen molar-refractivity contribution in [2.24, 2.45) is 5.73 Å². The van der Waals surface area contributed by atoms with Gasteiger partial charge in [0.25, 0.3) is 0 Å². The van der Waals surface area contributed by atoms with Crippen molar-refractivity contribution in [3.63, 3.8) is 0 Å². The molecular formula is C15H30N4O. The molecule has 1 aliphatic carbocycles. The van der Waals surface area contributed by atoms with Crippen molar-refractivity contribution in [2.75, 3.05) is 33.2 Å². The predicted molar refractivity (Wildman–Crippen MR) is 81.5 cm³/mol. The molecule has 1 heterocycles. The van der Waals surface area contributed by atoms with Crippen LogP contribution in [0.15, 0.2) is 0 Å². The van der Waals surface area contributed by atoms with Crippen molar-refractivity contribution >= 4 is 5.91 Å². The summed E-state index contributed by atoms with van der Waals surface area (Å²) in [6.45, 7) is 6.07. The SMILES string of the molecule is CCC1CN(C)CCCN1C(CN)CC(=O)NC1CC1. The van der Waals surface area contributed by atoms with Crippen molar-refractivity contribution in [3.8, 4) is 0 Å². The summed E-state index contributed by atoms with van der Waals surface area (Å²) in [5.41, 5.74) is 5.97. The number of nitrogens with two attached hydrogens (primary N) is 1. The largest absolute Gasteiger partial charge is 0.353 e. The first-order valence-electron chi connectivity index (χ1n) is 8.07. The van der Waals surface area contributed by atoms with Gasteiger partial charge >= 0.3 is 0 Å². The van der Waals surface area contributed by atoms with Crippen LogP contribution in [-0.2, 0) is 4.79 Å². The highest BCUT2D eigenvalue weighted by Crippen LogP contribution is 2.20. The predicted octanol–water partition coefficient (Wildman–Crippen LogP) is 0.399. The Balaban J connectivity index is 1.93. The average Bonchev–Trinajstić information content (AvgIpc) is 3.23. The van der Waals surface area contributed by atoms with Crippen LogP contribution in [0.25, 0.3) is 0 Å². The zero-order chi connectivity index (χ0) is 14.5. The van der Waals surface area contributed by atoms with E-state index >= 15 is 0 Å². The molecule has 1 saturated carbocycles. The minimum Gasteiger partial charge on any atom is -0.353 e. The van der Waals surface area contributed by atoms with Crippen molar-refractivity contribution in [1.29, 1.82) is 0 Å². The molecule has 2 rings (SSSR count). The first-order chi connectivity index (χ1) is 9.63. The first-order valence-corrected chi connectivity index (χ1v) is 8.07. The smallest absolute Gasteiger partial charge is 0.221 e. The molecular weight excluding hydrogens is 252 g/mol. The molecule has 5 heteroatoms. The lowest BCUT2D eigenvalue weighted by molar-refractivity contribution is -0.122. The summed E-state index contributed by atoms with van der Waals surface area (Å²) in [6.07, 6.45) is 5.11. The Bertz CT molecular complexity index is 319. The summed E-state index contributed by atoms with van der Waals surface area (Å²) in [5.74, 6) is 0.176. The van der Waals surface area contributed by atoms with Gasteiger partial charge in [-0.05, 0) is 39.3 Å². The summed E-state index contributed by atoms with van der Waals surface area (Å²) >= 11 is 0. The number of nitrogens with one attached hydrogen (secondary N) is 1. The van der Waals surface area contributed by atoms with Gasteiger partial charge < -0.3 is 16.0 Å². The third-order valence-electron chi connectivity index (χ3n) is 4.52. The van der Waals surface area contributed by atoms with Gasteiger partial charge in [-0.15, -0.1) is 0 Å². The lowest BCUT2D eigenvalue weighted by atomic mass is 10.1. The van der Waals surface area contributed by atoms with Crippen molar-refractivity contribution in [3.05, 3.63) is 0 Å². The molecule has 20 heavy (non-hydrogen) atoms. The highest BCUT2D eigenvalue weighted by molar-refractivity contribution is 5.77. The maximum Gasteiger partial charge on any atom is 0.221 e. The second kappa shape index (κ2) is 7.38. The van der Waals surface area contributed by atoms with E-state index in [2.05, 4.69) is 29.1 Å². The fourth-order valence-electron chi connectivity index (χ4n) is 3.17. The van der Waals surface area contributed by atoms with E-state index in [0.29, 0.717) is 25.0 Å². The molecule has 116 valence electrons. The summed E-state index contributed by atoms with van der Waals surface area (Å²) in [4.78, 5) is 16.9. The number of carbonyl (C=O) groups is 1. The summed E-state index contributed by atoms with van der Waals surface area (Å²) < 4.78 is 0. The fourth-order valence-corrected chi connectivity index (χ4v) is 3.17. The van der Waals surface area contributed by atoms with Gasteiger partial charge in [0.05, 0.1) is 0 Å². The van der Waals surface area contributed by atoms with Crippen molar-refractivity contribution in [1.82, 2.24) is 15.1 Å². The summed E-state index contributed by atoms with van der Waals surface area (Å²) in [7, 11) is 2.18. The molecule has 2 atom stereocenters. The van der Waals surface area contributed by atoms with E-state index in [0.717, 1.165) is 45.3 Å². The first kappa shape index (κ1) is 15.7. The van der Waals surface area contributed by atoms with Gasteiger partial charge in [0, 0.05) is 44.2 Å². The van der Waals surface area contributed by atoms with Crippen LogP contribution in [0.1, 0.15) is 39.0 Å². The number of hydrogen-bond acceptors (Lipinski definition) is 4. The fraction of sp³-hybridized carbons (Fsp3) is 0.933. The number of likely N-dealkylation sites (N-methyl/N-ethyl adjacent to an activating group) is 1. The van der Waals surface area contributed by atoms with Gasteiger partial charge in [-0.3, -0.25) is 9.69 Å². The Hall–Kier alpha value is -0.650. The number of carbonyl (C=O) groups excluding carboxylic acids is 1. The summed E-state index contributed by atoms with van der Waals surface area (Å²) in [5, 5.41) is 3.08. The molecule has 5 nitrogen and oxygen atoms in total. The van der Waals surface area contributed by atoms with Gasteiger partial charge in [0.15, 0.2) is 0 Å². The lowest BCUT2D eigenvalue weighted by Crippen LogP contribution is -2.50. The van der Waals surface area contributed by atoms with Crippen LogP contribution in [0.4, 0.5) is 0 Å². The van der Waals surface area contributed by atoms with Crippen LogP contribution in [-0.4, -0.2) is 67.1 Å². The second-order valence-corrected chi connectivity index (χ2v) is 6.35. The Morgan fingerprint density at radius 2 is 2.15 bits per heavy atom. The van der Waals surface area contributed by atoms with Crippen LogP contribution in [0.2, 0.25) is 0 Å². The van der Waals surface area contributed by atoms with E-state index in [9.17, 15) is 4.79 Å². The molecule has 0 aromatic rings. The van der Waals surface area contributed by atoms with Crippen molar-refractivity contribution in [2.45, 2.75) is 57.2 Å². The zero-order valence-electron chi connectivity index (χ0n) is 13.0. The molecule has 1 aliphatic heterocycles. The number of rotatable bonds is 6. The normalized spacial score (nSPS) is 27.1. The summed E-state index contributed by atoms with van der Waals surface area (Å²) in [6, 6.07) is 1.15. The third kappa shape index (κ3) is 4.43. The monoisotopic (exact) mass is 282 g/mol. The van der Waals surface area contributed by atoms with Crippen molar-refractivity contribution < 1.29 is 4.79 Å². The second-order valence-electron chi connectivity index (χ2n) is 6.35. The van der Waals surface area contributed by atoms with E-state index < -0.39 is 0 Å². The lowest BCUT2D eigenvalue weighted by Gasteiger charge is -2.36. The van der Waals surface area contributed by atoms with E-state index in [1.54, 1.807) is 0 Å². The molecule has 1 amide bonds. The average molecular weight is 282 g/mol. The molecule has 2 unspecified atom stereocenters. The minimum atomic E-state index is 0.176. The van der Waals surface area contributed by atoms with Crippen LogP contribution < -0.4 is 11.1 Å². The van der Waals surface area contributed by atoms with E-state index in [4.69, 9.17) is 5.73 Å². The zero-order valence-corrected chi connectivity index (χ0v) is 13.0. The topological polar surface area (TPSA) is 61.6 Å². The van der Waals surface area contributed by atoms with Crippen LogP contribution in [0.5, 0.6) is 0 Å². The Morgan fingerprint density at radius 3 is 2.75 bits per heavy atom. The standard InChI is InChI=1S/C15H30N4O/c1-3-13-11-18(2)7-4-8-19(13)14(10-16)9-15(20)17-12-5-6-12/h12-14H,3-11,16H2,1-2H3,(H,17,20). The van der Waals surface area contributed by atoms with Gasteiger partial charge in [-0.1, -0.05) is 6.92 Å². The molecule has 0 radical (unpaired) electrons. The van der Waals surface area contributed by atoms with Crippen LogP contribution in [0, 0.1) is 0 Å². The quantitative estimate of drug-likeness (QED) is 0.740. The molecule has 2 aliphatic rings. The van der Waals surface area contributed by atoms with Gasteiger partial charge in [0.1, 0.15) is 0 Å². The van der Waals surface area contributed by atoms with Gasteiger partial charge in [-0.25, -0.2) is 0 Å². The number of nitrogens with zero attached hydrogens (tertiary/aromatic N) is 2.